The topological polar surface area (TPSA) is 50.7 Å². The summed E-state index contributed by atoms with van der Waals surface area (Å²) >= 11 is 0. The Labute approximate surface area is 111 Å². The lowest BCUT2D eigenvalue weighted by Crippen LogP contribution is -2.58. The number of halogens is 1. The first-order valence-electron chi connectivity index (χ1n) is 6.51. The SMILES string of the molecule is COc1cccc(F)c1C1(O)CC2COCC(C1)N2. The van der Waals surface area contributed by atoms with E-state index in [-0.39, 0.29) is 17.6 Å². The highest BCUT2D eigenvalue weighted by atomic mass is 19.1. The van der Waals surface area contributed by atoms with Gasteiger partial charge in [0.2, 0.25) is 0 Å². The molecule has 2 atom stereocenters. The van der Waals surface area contributed by atoms with Gasteiger partial charge in [-0.15, -0.1) is 0 Å². The van der Waals surface area contributed by atoms with Gasteiger partial charge in [-0.3, -0.25) is 0 Å². The van der Waals surface area contributed by atoms with Crippen LogP contribution in [0.2, 0.25) is 0 Å². The van der Waals surface area contributed by atoms with E-state index < -0.39 is 11.4 Å². The Hall–Kier alpha value is -1.17. The number of methoxy groups -OCH3 is 1. The van der Waals surface area contributed by atoms with Crippen LogP contribution in [0.3, 0.4) is 0 Å². The third-order valence-corrected chi connectivity index (χ3v) is 3.94. The quantitative estimate of drug-likeness (QED) is 0.844. The van der Waals surface area contributed by atoms with Crippen LogP contribution < -0.4 is 10.1 Å². The molecule has 2 heterocycles. The lowest BCUT2D eigenvalue weighted by Gasteiger charge is -2.45. The van der Waals surface area contributed by atoms with Crippen LogP contribution in [0.5, 0.6) is 5.75 Å². The highest BCUT2D eigenvalue weighted by Crippen LogP contribution is 2.42. The van der Waals surface area contributed by atoms with Crippen LogP contribution in [-0.2, 0) is 10.3 Å². The number of hydrogen-bond donors (Lipinski definition) is 2. The van der Waals surface area contributed by atoms with Gasteiger partial charge >= 0.3 is 0 Å². The summed E-state index contributed by atoms with van der Waals surface area (Å²) in [7, 11) is 1.49. The summed E-state index contributed by atoms with van der Waals surface area (Å²) in [6.07, 6.45) is 0.863. The third kappa shape index (κ3) is 2.22. The molecule has 0 radical (unpaired) electrons. The van der Waals surface area contributed by atoms with Gasteiger partial charge in [0.15, 0.2) is 0 Å². The average molecular weight is 267 g/mol. The summed E-state index contributed by atoms with van der Waals surface area (Å²) in [5.41, 5.74) is -0.919. The standard InChI is InChI=1S/C14H18FNO3/c1-18-12-4-2-3-11(15)13(12)14(17)5-9-7-19-8-10(6-14)16-9/h2-4,9-10,16-17H,5-8H2,1H3. The summed E-state index contributed by atoms with van der Waals surface area (Å²) in [6.45, 7) is 1.10. The van der Waals surface area contributed by atoms with Crippen LogP contribution in [0.4, 0.5) is 4.39 Å². The zero-order chi connectivity index (χ0) is 13.5. The predicted octanol–water partition coefficient (Wildman–Crippen LogP) is 1.17. The molecule has 0 amide bonds. The predicted molar refractivity (Wildman–Crippen MR) is 67.6 cm³/mol. The number of nitrogens with one attached hydrogen (secondary N) is 1. The Kier molecular flexibility index (Phi) is 3.20. The van der Waals surface area contributed by atoms with Crippen LogP contribution in [0.1, 0.15) is 18.4 Å². The monoisotopic (exact) mass is 267 g/mol. The summed E-state index contributed by atoms with van der Waals surface area (Å²) in [6, 6.07) is 4.75. The van der Waals surface area contributed by atoms with Gasteiger partial charge in [0, 0.05) is 12.1 Å². The van der Waals surface area contributed by atoms with Gasteiger partial charge in [-0.1, -0.05) is 6.07 Å². The molecule has 2 aliphatic heterocycles. The lowest BCUT2D eigenvalue weighted by atomic mass is 9.77. The summed E-state index contributed by atoms with van der Waals surface area (Å²) in [5.74, 6) is -0.00821. The number of fused-ring (bicyclic) bond motifs is 2. The second-order valence-electron chi connectivity index (χ2n) is 5.35. The van der Waals surface area contributed by atoms with Crippen molar-refractivity contribution < 1.29 is 19.0 Å². The van der Waals surface area contributed by atoms with Crippen molar-refractivity contribution in [2.24, 2.45) is 0 Å². The maximum Gasteiger partial charge on any atom is 0.133 e. The van der Waals surface area contributed by atoms with Crippen molar-refractivity contribution in [1.82, 2.24) is 5.32 Å². The molecule has 2 unspecified atom stereocenters. The number of ether oxygens (including phenoxy) is 2. The third-order valence-electron chi connectivity index (χ3n) is 3.94. The minimum absolute atomic E-state index is 0.0572. The molecule has 2 N–H and O–H groups in total. The number of hydrogen-bond acceptors (Lipinski definition) is 4. The molecule has 1 aromatic carbocycles. The van der Waals surface area contributed by atoms with Crippen molar-refractivity contribution in [2.75, 3.05) is 20.3 Å². The molecule has 104 valence electrons. The molecule has 0 saturated carbocycles. The highest BCUT2D eigenvalue weighted by Gasteiger charge is 2.45. The molecule has 2 saturated heterocycles. The molecule has 5 heteroatoms. The van der Waals surface area contributed by atoms with Crippen LogP contribution in [-0.4, -0.2) is 37.5 Å². The molecule has 0 spiro atoms. The Balaban J connectivity index is 2.00. The summed E-state index contributed by atoms with van der Waals surface area (Å²) in [4.78, 5) is 0. The van der Waals surface area contributed by atoms with Crippen molar-refractivity contribution in [3.8, 4) is 5.75 Å². The molecule has 19 heavy (non-hydrogen) atoms. The number of piperidine rings is 1. The average Bonchev–Trinajstić information content (AvgIpc) is 2.37. The molecule has 1 aromatic rings. The van der Waals surface area contributed by atoms with E-state index in [1.165, 1.54) is 13.2 Å². The zero-order valence-corrected chi connectivity index (χ0v) is 10.9. The van der Waals surface area contributed by atoms with Gasteiger partial charge in [-0.25, -0.2) is 4.39 Å². The minimum atomic E-state index is -1.19. The zero-order valence-electron chi connectivity index (χ0n) is 10.9. The number of morpholine rings is 1. The largest absolute Gasteiger partial charge is 0.496 e. The number of benzene rings is 1. The lowest BCUT2D eigenvalue weighted by molar-refractivity contribution is -0.0826. The molecule has 0 aromatic heterocycles. The molecule has 2 bridgehead atoms. The summed E-state index contributed by atoms with van der Waals surface area (Å²) in [5, 5.41) is 14.3. The van der Waals surface area contributed by atoms with Crippen molar-refractivity contribution in [3.63, 3.8) is 0 Å². The molecule has 2 fully saturated rings. The van der Waals surface area contributed by atoms with Crippen molar-refractivity contribution >= 4 is 0 Å². The van der Waals surface area contributed by atoms with E-state index in [2.05, 4.69) is 5.32 Å². The Bertz CT molecular complexity index is 468. The first-order valence-corrected chi connectivity index (χ1v) is 6.51. The van der Waals surface area contributed by atoms with Crippen LogP contribution in [0.25, 0.3) is 0 Å². The second kappa shape index (κ2) is 4.74. The first-order chi connectivity index (χ1) is 9.12. The number of rotatable bonds is 2. The fourth-order valence-electron chi connectivity index (χ4n) is 3.25. The van der Waals surface area contributed by atoms with Crippen molar-refractivity contribution in [3.05, 3.63) is 29.6 Å². The van der Waals surface area contributed by atoms with E-state index in [1.807, 2.05) is 0 Å². The summed E-state index contributed by atoms with van der Waals surface area (Å²) < 4.78 is 24.8. The van der Waals surface area contributed by atoms with E-state index in [0.29, 0.717) is 31.8 Å². The smallest absolute Gasteiger partial charge is 0.133 e. The van der Waals surface area contributed by atoms with Crippen LogP contribution in [0.15, 0.2) is 18.2 Å². The molecule has 4 nitrogen and oxygen atoms in total. The fraction of sp³-hybridized carbons (Fsp3) is 0.571. The second-order valence-corrected chi connectivity index (χ2v) is 5.35. The van der Waals surface area contributed by atoms with Crippen LogP contribution >= 0.6 is 0 Å². The van der Waals surface area contributed by atoms with E-state index in [1.54, 1.807) is 12.1 Å². The first kappa shape index (κ1) is 12.8. The molecule has 0 aliphatic carbocycles. The maximum absolute atomic E-state index is 14.2. The van der Waals surface area contributed by atoms with Gasteiger partial charge in [-0.2, -0.15) is 0 Å². The Morgan fingerprint density at radius 2 is 2.05 bits per heavy atom. The van der Waals surface area contributed by atoms with E-state index in [4.69, 9.17) is 9.47 Å². The fourth-order valence-corrected chi connectivity index (χ4v) is 3.25. The molecular formula is C14H18FNO3. The van der Waals surface area contributed by atoms with Crippen molar-refractivity contribution in [1.29, 1.82) is 0 Å². The molecule has 2 aliphatic rings. The van der Waals surface area contributed by atoms with Crippen LogP contribution in [0, 0.1) is 5.82 Å². The van der Waals surface area contributed by atoms with Gasteiger partial charge in [0.1, 0.15) is 11.6 Å². The Morgan fingerprint density at radius 1 is 1.37 bits per heavy atom. The molecular weight excluding hydrogens is 249 g/mol. The van der Waals surface area contributed by atoms with Gasteiger partial charge in [-0.05, 0) is 25.0 Å². The highest BCUT2D eigenvalue weighted by molar-refractivity contribution is 5.40. The van der Waals surface area contributed by atoms with Crippen molar-refractivity contribution in [2.45, 2.75) is 30.5 Å². The van der Waals surface area contributed by atoms with Gasteiger partial charge in [0.25, 0.3) is 0 Å². The van der Waals surface area contributed by atoms with E-state index in [9.17, 15) is 9.50 Å². The Morgan fingerprint density at radius 3 is 2.68 bits per heavy atom. The maximum atomic E-state index is 14.2. The minimum Gasteiger partial charge on any atom is -0.496 e. The van der Waals surface area contributed by atoms with Gasteiger partial charge in [0.05, 0.1) is 31.5 Å². The van der Waals surface area contributed by atoms with Gasteiger partial charge < -0.3 is 19.9 Å². The van der Waals surface area contributed by atoms with E-state index in [0.717, 1.165) is 0 Å². The molecule has 3 rings (SSSR count). The normalized spacial score (nSPS) is 34.1. The van der Waals surface area contributed by atoms with E-state index >= 15 is 0 Å². The number of aliphatic hydroxyl groups is 1.